The predicted molar refractivity (Wildman–Crippen MR) is 106 cm³/mol. The molecule has 27 heavy (non-hydrogen) atoms. The third kappa shape index (κ3) is 3.65. The summed E-state index contributed by atoms with van der Waals surface area (Å²) in [5.74, 6) is 2.86. The molecule has 0 radical (unpaired) electrons. The van der Waals surface area contributed by atoms with Crippen molar-refractivity contribution in [2.75, 3.05) is 31.0 Å². The second-order valence-electron chi connectivity index (χ2n) is 6.37. The van der Waals surface area contributed by atoms with Gasteiger partial charge in [-0.1, -0.05) is 24.3 Å². The van der Waals surface area contributed by atoms with Crippen LogP contribution >= 0.6 is 0 Å². The summed E-state index contributed by atoms with van der Waals surface area (Å²) in [6.07, 6.45) is 2.80. The van der Waals surface area contributed by atoms with Crippen molar-refractivity contribution in [1.82, 2.24) is 9.97 Å². The van der Waals surface area contributed by atoms with Crippen LogP contribution in [-0.2, 0) is 13.0 Å². The number of aromatic nitrogens is 2. The third-order valence-corrected chi connectivity index (χ3v) is 4.75. The molecule has 4 rings (SSSR count). The Hall–Kier alpha value is -3.28. The first-order valence-corrected chi connectivity index (χ1v) is 8.90. The van der Waals surface area contributed by atoms with E-state index in [0.29, 0.717) is 11.7 Å². The molecule has 0 aliphatic carbocycles. The minimum absolute atomic E-state index is 0.537. The van der Waals surface area contributed by atoms with Gasteiger partial charge in [-0.15, -0.1) is 0 Å². The maximum Gasteiger partial charge on any atom is 0.229 e. The van der Waals surface area contributed by atoms with Gasteiger partial charge in [0.25, 0.3) is 0 Å². The fraction of sp³-hybridized carbons (Fsp3) is 0.238. The SMILES string of the molecule is COc1ccc(Nc2nccc(N3CCc4ccccc4C3)n2)c(OC)c1. The van der Waals surface area contributed by atoms with Crippen LogP contribution < -0.4 is 19.7 Å². The van der Waals surface area contributed by atoms with E-state index >= 15 is 0 Å². The lowest BCUT2D eigenvalue weighted by Gasteiger charge is -2.29. The van der Waals surface area contributed by atoms with Gasteiger partial charge in [0.2, 0.25) is 5.95 Å². The zero-order valence-electron chi connectivity index (χ0n) is 15.5. The van der Waals surface area contributed by atoms with E-state index in [-0.39, 0.29) is 0 Å². The second kappa shape index (κ2) is 7.53. The average molecular weight is 362 g/mol. The number of fused-ring (bicyclic) bond motifs is 1. The van der Waals surface area contributed by atoms with Crippen molar-refractivity contribution >= 4 is 17.5 Å². The van der Waals surface area contributed by atoms with Gasteiger partial charge in [-0.25, -0.2) is 4.98 Å². The first-order chi connectivity index (χ1) is 13.3. The van der Waals surface area contributed by atoms with Crippen molar-refractivity contribution in [2.45, 2.75) is 13.0 Å². The molecule has 2 aromatic carbocycles. The van der Waals surface area contributed by atoms with Crippen LogP contribution in [0.4, 0.5) is 17.5 Å². The van der Waals surface area contributed by atoms with Crippen molar-refractivity contribution in [1.29, 1.82) is 0 Å². The average Bonchev–Trinajstić information content (AvgIpc) is 2.74. The van der Waals surface area contributed by atoms with Gasteiger partial charge in [-0.05, 0) is 35.7 Å². The van der Waals surface area contributed by atoms with Crippen LogP contribution in [0, 0.1) is 0 Å². The highest BCUT2D eigenvalue weighted by Gasteiger charge is 2.17. The fourth-order valence-corrected chi connectivity index (χ4v) is 3.30. The van der Waals surface area contributed by atoms with Crippen LogP contribution in [-0.4, -0.2) is 30.7 Å². The molecule has 6 nitrogen and oxygen atoms in total. The molecule has 1 aliphatic heterocycles. The standard InChI is InChI=1S/C21H22N4O2/c1-26-17-7-8-18(19(13-17)27-2)23-21-22-11-9-20(24-21)25-12-10-15-5-3-4-6-16(15)14-25/h3-9,11,13H,10,12,14H2,1-2H3,(H,22,23,24). The normalized spacial score (nSPS) is 13.0. The van der Waals surface area contributed by atoms with Gasteiger partial charge < -0.3 is 19.7 Å². The highest BCUT2D eigenvalue weighted by Crippen LogP contribution is 2.31. The lowest BCUT2D eigenvalue weighted by atomic mass is 10.00. The maximum absolute atomic E-state index is 5.44. The number of benzene rings is 2. The molecular formula is C21H22N4O2. The van der Waals surface area contributed by atoms with Gasteiger partial charge in [0, 0.05) is 25.4 Å². The summed E-state index contributed by atoms with van der Waals surface area (Å²) in [6.45, 7) is 1.80. The Morgan fingerprint density at radius 3 is 2.67 bits per heavy atom. The minimum Gasteiger partial charge on any atom is -0.497 e. The number of anilines is 3. The van der Waals surface area contributed by atoms with E-state index in [4.69, 9.17) is 14.5 Å². The summed E-state index contributed by atoms with van der Waals surface area (Å²) in [5, 5.41) is 3.24. The fourth-order valence-electron chi connectivity index (χ4n) is 3.30. The van der Waals surface area contributed by atoms with Crippen molar-refractivity contribution in [2.24, 2.45) is 0 Å². The Bertz CT molecular complexity index is 945. The van der Waals surface area contributed by atoms with E-state index in [2.05, 4.69) is 39.5 Å². The number of methoxy groups -OCH3 is 2. The van der Waals surface area contributed by atoms with Gasteiger partial charge in [0.05, 0.1) is 19.9 Å². The zero-order valence-corrected chi connectivity index (χ0v) is 15.5. The van der Waals surface area contributed by atoms with E-state index < -0.39 is 0 Å². The minimum atomic E-state index is 0.537. The molecule has 0 atom stereocenters. The Morgan fingerprint density at radius 2 is 1.85 bits per heavy atom. The molecule has 138 valence electrons. The Balaban J connectivity index is 1.55. The van der Waals surface area contributed by atoms with Crippen molar-refractivity contribution in [3.8, 4) is 11.5 Å². The number of hydrogen-bond donors (Lipinski definition) is 1. The third-order valence-electron chi connectivity index (χ3n) is 4.75. The summed E-state index contributed by atoms with van der Waals surface area (Å²) < 4.78 is 10.7. The Labute approximate surface area is 158 Å². The van der Waals surface area contributed by atoms with Crippen molar-refractivity contribution in [3.63, 3.8) is 0 Å². The summed E-state index contributed by atoms with van der Waals surface area (Å²) in [6, 6.07) is 16.1. The van der Waals surface area contributed by atoms with Crippen molar-refractivity contribution < 1.29 is 9.47 Å². The van der Waals surface area contributed by atoms with Crippen LogP contribution in [0.1, 0.15) is 11.1 Å². The highest BCUT2D eigenvalue weighted by atomic mass is 16.5. The zero-order chi connectivity index (χ0) is 18.6. The summed E-state index contributed by atoms with van der Waals surface area (Å²) in [4.78, 5) is 11.3. The molecule has 1 N–H and O–H groups in total. The van der Waals surface area contributed by atoms with E-state index in [1.165, 1.54) is 11.1 Å². The predicted octanol–water partition coefficient (Wildman–Crippen LogP) is 3.80. The topological polar surface area (TPSA) is 59.5 Å². The first-order valence-electron chi connectivity index (χ1n) is 8.90. The molecule has 0 bridgehead atoms. The summed E-state index contributed by atoms with van der Waals surface area (Å²) in [5.41, 5.74) is 3.57. The molecule has 1 aromatic heterocycles. The quantitative estimate of drug-likeness (QED) is 0.745. The van der Waals surface area contributed by atoms with Gasteiger partial charge in [0.1, 0.15) is 17.3 Å². The smallest absolute Gasteiger partial charge is 0.229 e. The molecule has 3 aromatic rings. The number of hydrogen-bond acceptors (Lipinski definition) is 6. The molecule has 2 heterocycles. The van der Waals surface area contributed by atoms with Crippen LogP contribution in [0.2, 0.25) is 0 Å². The molecule has 0 saturated carbocycles. The Morgan fingerprint density at radius 1 is 1.00 bits per heavy atom. The molecule has 0 fully saturated rings. The largest absolute Gasteiger partial charge is 0.497 e. The molecule has 0 unspecified atom stereocenters. The lowest BCUT2D eigenvalue weighted by Crippen LogP contribution is -2.31. The second-order valence-corrected chi connectivity index (χ2v) is 6.37. The van der Waals surface area contributed by atoms with Crippen LogP contribution in [0.25, 0.3) is 0 Å². The molecular weight excluding hydrogens is 340 g/mol. The molecule has 0 saturated heterocycles. The lowest BCUT2D eigenvalue weighted by molar-refractivity contribution is 0.395. The van der Waals surface area contributed by atoms with Gasteiger partial charge in [-0.2, -0.15) is 4.98 Å². The van der Waals surface area contributed by atoms with E-state index in [1.54, 1.807) is 20.4 Å². The summed E-state index contributed by atoms with van der Waals surface area (Å²) >= 11 is 0. The van der Waals surface area contributed by atoms with Crippen LogP contribution in [0.5, 0.6) is 11.5 Å². The van der Waals surface area contributed by atoms with Gasteiger partial charge in [0.15, 0.2) is 0 Å². The first kappa shape index (κ1) is 17.1. The van der Waals surface area contributed by atoms with Gasteiger partial charge >= 0.3 is 0 Å². The molecule has 0 spiro atoms. The highest BCUT2D eigenvalue weighted by molar-refractivity contribution is 5.65. The monoisotopic (exact) mass is 362 g/mol. The molecule has 0 amide bonds. The van der Waals surface area contributed by atoms with Crippen LogP contribution in [0.3, 0.4) is 0 Å². The summed E-state index contributed by atoms with van der Waals surface area (Å²) in [7, 11) is 3.26. The molecule has 6 heteroatoms. The van der Waals surface area contributed by atoms with Gasteiger partial charge in [-0.3, -0.25) is 0 Å². The maximum atomic E-state index is 5.44. The number of ether oxygens (including phenoxy) is 2. The number of nitrogens with zero attached hydrogens (tertiary/aromatic N) is 3. The molecule has 1 aliphatic rings. The van der Waals surface area contributed by atoms with E-state index in [1.807, 2.05) is 24.3 Å². The Kier molecular flexibility index (Phi) is 4.78. The van der Waals surface area contributed by atoms with Crippen LogP contribution in [0.15, 0.2) is 54.7 Å². The number of nitrogens with one attached hydrogen (secondary N) is 1. The van der Waals surface area contributed by atoms with E-state index in [9.17, 15) is 0 Å². The number of rotatable bonds is 5. The van der Waals surface area contributed by atoms with E-state index in [0.717, 1.165) is 36.8 Å². The van der Waals surface area contributed by atoms with Crippen molar-refractivity contribution in [3.05, 3.63) is 65.9 Å².